The van der Waals surface area contributed by atoms with Crippen LogP contribution in [0.15, 0.2) is 41.2 Å². The third-order valence-electron chi connectivity index (χ3n) is 6.63. The maximum absolute atomic E-state index is 14.6. The summed E-state index contributed by atoms with van der Waals surface area (Å²) in [5, 5.41) is 26.8. The molecule has 1 amide bonds. The molecule has 0 fully saturated rings. The van der Waals surface area contributed by atoms with Crippen LogP contribution in [0, 0.1) is 5.82 Å². The normalized spacial score (nSPS) is 16.9. The first kappa shape index (κ1) is 23.5. The fourth-order valence-corrected chi connectivity index (χ4v) is 5.79. The molecule has 1 atom stereocenters. The summed E-state index contributed by atoms with van der Waals surface area (Å²) in [6.45, 7) is 2.43. The molecule has 4 N–H and O–H groups in total. The number of aliphatic hydroxyl groups is 1. The zero-order valence-electron chi connectivity index (χ0n) is 19.9. The molecule has 190 valence electrons. The second-order valence-corrected chi connectivity index (χ2v) is 10.4. The van der Waals surface area contributed by atoms with Gasteiger partial charge in [0.05, 0.1) is 34.6 Å². The first-order chi connectivity index (χ1) is 17.8. The molecule has 6 rings (SSSR count). The van der Waals surface area contributed by atoms with E-state index in [9.17, 15) is 19.1 Å². The molecule has 0 saturated heterocycles. The minimum absolute atomic E-state index is 0.00925. The van der Waals surface area contributed by atoms with E-state index in [-0.39, 0.29) is 11.4 Å². The number of amides is 1. The quantitative estimate of drug-likeness (QED) is 0.317. The van der Waals surface area contributed by atoms with Crippen molar-refractivity contribution in [1.82, 2.24) is 24.9 Å². The molecule has 0 bridgehead atoms. The summed E-state index contributed by atoms with van der Waals surface area (Å²) in [6.07, 6.45) is 0.824. The molecule has 3 aromatic heterocycles. The van der Waals surface area contributed by atoms with Crippen molar-refractivity contribution in [3.8, 4) is 11.3 Å². The number of aliphatic hydroxyl groups excluding tert-OH is 1. The van der Waals surface area contributed by atoms with Gasteiger partial charge < -0.3 is 15.7 Å². The van der Waals surface area contributed by atoms with Crippen molar-refractivity contribution in [2.24, 2.45) is 0 Å². The van der Waals surface area contributed by atoms with E-state index in [0.717, 1.165) is 42.2 Å². The molecule has 1 aliphatic heterocycles. The number of fused-ring (bicyclic) bond motifs is 2. The third-order valence-corrected chi connectivity index (χ3v) is 7.84. The highest BCUT2D eigenvalue weighted by Crippen LogP contribution is 2.37. The Labute approximate surface area is 214 Å². The number of rotatable bonds is 5. The van der Waals surface area contributed by atoms with Crippen LogP contribution in [0.4, 0.5) is 21.6 Å². The molecule has 4 heterocycles. The lowest BCUT2D eigenvalue weighted by atomic mass is 10.1. The van der Waals surface area contributed by atoms with Crippen LogP contribution in [0.3, 0.4) is 0 Å². The van der Waals surface area contributed by atoms with Crippen molar-refractivity contribution in [2.75, 3.05) is 24.2 Å². The molecular formula is C25H24FN7O3S. The van der Waals surface area contributed by atoms with Gasteiger partial charge in [0, 0.05) is 29.6 Å². The highest BCUT2D eigenvalue weighted by Gasteiger charge is 2.25. The lowest BCUT2D eigenvalue weighted by molar-refractivity contribution is 0.103. The number of aromatic amines is 1. The van der Waals surface area contributed by atoms with Crippen LogP contribution in [0.5, 0.6) is 0 Å². The average molecular weight is 522 g/mol. The first-order valence-corrected chi connectivity index (χ1v) is 12.7. The fraction of sp³-hybridized carbons (Fsp3) is 0.280. The van der Waals surface area contributed by atoms with Crippen LogP contribution in [-0.2, 0) is 19.5 Å². The van der Waals surface area contributed by atoms with E-state index in [1.54, 1.807) is 12.1 Å². The molecule has 0 spiro atoms. The number of carbonyl (C=O) groups excluding carboxylic acids is 1. The van der Waals surface area contributed by atoms with E-state index in [4.69, 9.17) is 0 Å². The van der Waals surface area contributed by atoms with Gasteiger partial charge >= 0.3 is 0 Å². The molecule has 0 unspecified atom stereocenters. The SMILES string of the molecule is CN1CCn2nc(Nc3cc(-c4ccc(F)c(NC(=O)c5cc6c(s5)CC[C@H]6O)c4)n[nH]c3=O)cc2C1. The van der Waals surface area contributed by atoms with Crippen molar-refractivity contribution in [3.63, 3.8) is 0 Å². The minimum atomic E-state index is -0.599. The molecule has 1 aromatic carbocycles. The number of halogens is 1. The summed E-state index contributed by atoms with van der Waals surface area (Å²) in [5.74, 6) is -0.501. The lowest BCUT2D eigenvalue weighted by Crippen LogP contribution is -2.30. The van der Waals surface area contributed by atoms with Crippen molar-refractivity contribution in [3.05, 3.63) is 73.6 Å². The van der Waals surface area contributed by atoms with Gasteiger partial charge in [0.1, 0.15) is 11.5 Å². The van der Waals surface area contributed by atoms with Gasteiger partial charge in [0.15, 0.2) is 5.82 Å². The average Bonchev–Trinajstić information content (AvgIpc) is 3.57. The molecule has 12 heteroatoms. The summed E-state index contributed by atoms with van der Waals surface area (Å²) in [7, 11) is 2.04. The zero-order valence-corrected chi connectivity index (χ0v) is 20.7. The van der Waals surface area contributed by atoms with E-state index in [1.165, 1.54) is 29.5 Å². The predicted molar refractivity (Wildman–Crippen MR) is 138 cm³/mol. The Morgan fingerprint density at radius 3 is 2.92 bits per heavy atom. The number of hydrogen-bond donors (Lipinski definition) is 4. The van der Waals surface area contributed by atoms with Crippen LogP contribution in [0.2, 0.25) is 0 Å². The third kappa shape index (κ3) is 4.54. The van der Waals surface area contributed by atoms with Crippen molar-refractivity contribution < 1.29 is 14.3 Å². The summed E-state index contributed by atoms with van der Waals surface area (Å²) >= 11 is 1.31. The summed E-state index contributed by atoms with van der Waals surface area (Å²) in [5.41, 5.74) is 2.53. The van der Waals surface area contributed by atoms with Gasteiger partial charge in [0.25, 0.3) is 11.5 Å². The number of hydrogen-bond acceptors (Lipinski definition) is 8. The summed E-state index contributed by atoms with van der Waals surface area (Å²) in [6, 6.07) is 9.37. The number of anilines is 3. The number of benzene rings is 1. The maximum Gasteiger partial charge on any atom is 0.287 e. The Bertz CT molecular complexity index is 1580. The number of thiophene rings is 1. The molecule has 2 aliphatic rings. The van der Waals surface area contributed by atoms with Gasteiger partial charge in [-0.25, -0.2) is 9.49 Å². The monoisotopic (exact) mass is 521 g/mol. The van der Waals surface area contributed by atoms with Crippen LogP contribution >= 0.6 is 11.3 Å². The largest absolute Gasteiger partial charge is 0.388 e. The van der Waals surface area contributed by atoms with Crippen LogP contribution in [0.1, 0.15) is 38.3 Å². The number of H-pyrrole nitrogens is 1. The van der Waals surface area contributed by atoms with Crippen molar-refractivity contribution >= 4 is 34.4 Å². The fourth-order valence-electron chi connectivity index (χ4n) is 4.66. The van der Waals surface area contributed by atoms with Crippen LogP contribution in [0.25, 0.3) is 11.3 Å². The number of nitrogens with zero attached hydrogens (tertiary/aromatic N) is 4. The minimum Gasteiger partial charge on any atom is -0.388 e. The van der Waals surface area contributed by atoms with Gasteiger partial charge in [0.2, 0.25) is 0 Å². The highest BCUT2D eigenvalue weighted by atomic mass is 32.1. The van der Waals surface area contributed by atoms with Gasteiger partial charge in [-0.1, -0.05) is 0 Å². The summed E-state index contributed by atoms with van der Waals surface area (Å²) < 4.78 is 16.5. The van der Waals surface area contributed by atoms with E-state index < -0.39 is 23.4 Å². The Morgan fingerprint density at radius 2 is 2.08 bits per heavy atom. The smallest absolute Gasteiger partial charge is 0.287 e. The molecule has 10 nitrogen and oxygen atoms in total. The molecule has 0 saturated carbocycles. The number of nitrogens with one attached hydrogen (secondary N) is 3. The van der Waals surface area contributed by atoms with Crippen molar-refractivity contribution in [2.45, 2.75) is 32.0 Å². The van der Waals surface area contributed by atoms with Gasteiger partial charge in [-0.05, 0) is 55.8 Å². The lowest BCUT2D eigenvalue weighted by Gasteiger charge is -2.22. The Hall–Kier alpha value is -3.87. The topological polar surface area (TPSA) is 128 Å². The number of aryl methyl sites for hydroxylation is 1. The van der Waals surface area contributed by atoms with Crippen LogP contribution in [-0.4, -0.2) is 49.5 Å². The first-order valence-electron chi connectivity index (χ1n) is 11.9. The molecule has 0 radical (unpaired) electrons. The highest BCUT2D eigenvalue weighted by molar-refractivity contribution is 7.14. The summed E-state index contributed by atoms with van der Waals surface area (Å²) in [4.78, 5) is 28.8. The van der Waals surface area contributed by atoms with Gasteiger partial charge in [-0.3, -0.25) is 19.2 Å². The van der Waals surface area contributed by atoms with E-state index in [2.05, 4.69) is 30.8 Å². The number of likely N-dealkylation sites (N-methyl/N-ethyl adjacent to an activating group) is 1. The zero-order chi connectivity index (χ0) is 25.7. The molecule has 4 aromatic rings. The van der Waals surface area contributed by atoms with E-state index >= 15 is 0 Å². The Balaban J connectivity index is 1.24. The molecular weight excluding hydrogens is 497 g/mol. The van der Waals surface area contributed by atoms with Crippen molar-refractivity contribution in [1.29, 1.82) is 0 Å². The standard InChI is InChI=1S/C25H24FN7O3S/c1-32-6-7-33-14(12-32)9-23(31-33)27-19-11-17(29-30-24(19)35)13-2-3-16(26)18(8-13)28-25(36)22-10-15-20(34)4-5-21(15)37-22/h2-3,8-11,20,34H,4-7,12H2,1H3,(H,28,36)(H,30,35)(H,27,29,31)/t20-/m1/s1. The number of carbonyl (C=O) groups is 1. The Kier molecular flexibility index (Phi) is 5.86. The van der Waals surface area contributed by atoms with Gasteiger partial charge in [-0.2, -0.15) is 10.2 Å². The Morgan fingerprint density at radius 1 is 1.22 bits per heavy atom. The second-order valence-electron chi connectivity index (χ2n) is 9.30. The maximum atomic E-state index is 14.6. The number of aromatic nitrogens is 4. The predicted octanol–water partition coefficient (Wildman–Crippen LogP) is 3.25. The van der Waals surface area contributed by atoms with Crippen LogP contribution < -0.4 is 16.2 Å². The van der Waals surface area contributed by atoms with Gasteiger partial charge in [-0.15, -0.1) is 11.3 Å². The second kappa shape index (κ2) is 9.21. The van der Waals surface area contributed by atoms with E-state index in [0.29, 0.717) is 28.4 Å². The van der Waals surface area contributed by atoms with E-state index in [1.807, 2.05) is 17.8 Å². The molecule has 37 heavy (non-hydrogen) atoms. The molecule has 1 aliphatic carbocycles.